The Labute approximate surface area is 170 Å². The number of amides is 3. The van der Waals surface area contributed by atoms with Crippen LogP contribution in [0.25, 0.3) is 0 Å². The zero-order valence-electron chi connectivity index (χ0n) is 17.1. The molecule has 0 spiro atoms. The summed E-state index contributed by atoms with van der Waals surface area (Å²) in [6.07, 6.45) is 3.48. The van der Waals surface area contributed by atoms with E-state index in [0.717, 1.165) is 25.7 Å². The summed E-state index contributed by atoms with van der Waals surface area (Å²) in [5, 5.41) is 7.70. The Morgan fingerprint density at radius 3 is 2.61 bits per heavy atom. The first-order valence-electron chi connectivity index (χ1n) is 9.71. The van der Waals surface area contributed by atoms with Gasteiger partial charge in [0.05, 0.1) is 11.4 Å². The number of carbonyl (C=O) groups excluding carboxylic acids is 3. The van der Waals surface area contributed by atoms with Crippen molar-refractivity contribution in [1.29, 1.82) is 0 Å². The summed E-state index contributed by atoms with van der Waals surface area (Å²) in [4.78, 5) is 38.7. The minimum Gasteiger partial charge on any atom is -0.444 e. The first kappa shape index (κ1) is 22.2. The highest BCUT2D eigenvalue weighted by Crippen LogP contribution is 2.24. The minimum absolute atomic E-state index is 0.0126. The third-order valence-electron chi connectivity index (χ3n) is 4.62. The fourth-order valence-corrected chi connectivity index (χ4v) is 4.02. The lowest BCUT2D eigenvalue weighted by Gasteiger charge is -2.33. The van der Waals surface area contributed by atoms with Gasteiger partial charge in [-0.15, -0.1) is 11.3 Å². The maximum atomic E-state index is 12.5. The van der Waals surface area contributed by atoms with Gasteiger partial charge >= 0.3 is 6.09 Å². The third-order valence-corrected chi connectivity index (χ3v) is 5.48. The molecule has 0 aliphatic heterocycles. The molecule has 0 radical (unpaired) electrons. The van der Waals surface area contributed by atoms with Crippen molar-refractivity contribution in [2.24, 2.45) is 5.92 Å². The zero-order valence-corrected chi connectivity index (χ0v) is 17.9. The number of carbonyl (C=O) groups is 3. The van der Waals surface area contributed by atoms with Crippen LogP contribution in [0.4, 0.5) is 4.79 Å². The SMILES string of the molecule is CN(CC(=O)N[C@H]1CCCC[C@@H]1CNC(=O)OC(C)(C)C)C(=O)c1cccs1. The van der Waals surface area contributed by atoms with E-state index in [4.69, 9.17) is 4.74 Å². The van der Waals surface area contributed by atoms with Crippen LogP contribution in [0, 0.1) is 5.92 Å². The van der Waals surface area contributed by atoms with Gasteiger partial charge in [-0.2, -0.15) is 0 Å². The number of hydrogen-bond acceptors (Lipinski definition) is 5. The number of rotatable bonds is 6. The molecule has 1 saturated carbocycles. The molecule has 1 aliphatic rings. The summed E-state index contributed by atoms with van der Waals surface area (Å²) >= 11 is 1.36. The Kier molecular flexibility index (Phi) is 7.86. The molecule has 2 atom stereocenters. The summed E-state index contributed by atoms with van der Waals surface area (Å²) in [5.41, 5.74) is -0.538. The molecule has 1 fully saturated rings. The van der Waals surface area contributed by atoms with Gasteiger partial charge in [-0.3, -0.25) is 9.59 Å². The smallest absolute Gasteiger partial charge is 0.407 e. The van der Waals surface area contributed by atoms with Gasteiger partial charge in [0.1, 0.15) is 5.60 Å². The van der Waals surface area contributed by atoms with E-state index in [0.29, 0.717) is 11.4 Å². The van der Waals surface area contributed by atoms with E-state index in [-0.39, 0.29) is 30.3 Å². The van der Waals surface area contributed by atoms with E-state index in [1.54, 1.807) is 13.1 Å². The molecule has 28 heavy (non-hydrogen) atoms. The molecular weight excluding hydrogens is 378 g/mol. The molecule has 8 heteroatoms. The Morgan fingerprint density at radius 2 is 1.96 bits per heavy atom. The summed E-state index contributed by atoms with van der Waals surface area (Å²) in [6.45, 7) is 5.95. The van der Waals surface area contributed by atoms with Gasteiger partial charge in [0.2, 0.25) is 5.91 Å². The van der Waals surface area contributed by atoms with Gasteiger partial charge in [0, 0.05) is 19.6 Å². The van der Waals surface area contributed by atoms with E-state index in [2.05, 4.69) is 10.6 Å². The van der Waals surface area contributed by atoms with Gasteiger partial charge < -0.3 is 20.3 Å². The van der Waals surface area contributed by atoms with Crippen LogP contribution < -0.4 is 10.6 Å². The summed E-state index contributed by atoms with van der Waals surface area (Å²) in [6, 6.07) is 3.55. The van der Waals surface area contributed by atoms with Crippen molar-refractivity contribution >= 4 is 29.2 Å². The predicted octanol–water partition coefficient (Wildman–Crippen LogP) is 3.02. The summed E-state index contributed by atoms with van der Waals surface area (Å²) in [5.74, 6) is -0.179. The van der Waals surface area contributed by atoms with E-state index in [1.807, 2.05) is 32.2 Å². The van der Waals surface area contributed by atoms with Gasteiger partial charge in [-0.25, -0.2) is 4.79 Å². The highest BCUT2D eigenvalue weighted by molar-refractivity contribution is 7.12. The maximum absolute atomic E-state index is 12.5. The molecule has 3 amide bonds. The molecule has 2 N–H and O–H groups in total. The highest BCUT2D eigenvalue weighted by Gasteiger charge is 2.28. The lowest BCUT2D eigenvalue weighted by Crippen LogP contribution is -2.49. The number of likely N-dealkylation sites (N-methyl/N-ethyl adjacent to an activating group) is 1. The topological polar surface area (TPSA) is 87.7 Å². The Bertz CT molecular complexity index is 669. The molecule has 0 unspecified atom stereocenters. The van der Waals surface area contributed by atoms with Crippen molar-refractivity contribution < 1.29 is 19.1 Å². The number of thiophene rings is 1. The number of alkyl carbamates (subject to hydrolysis) is 1. The second kappa shape index (κ2) is 9.91. The van der Waals surface area contributed by atoms with E-state index >= 15 is 0 Å². The van der Waals surface area contributed by atoms with Crippen molar-refractivity contribution in [2.75, 3.05) is 20.1 Å². The van der Waals surface area contributed by atoms with E-state index < -0.39 is 11.7 Å². The maximum Gasteiger partial charge on any atom is 0.407 e. The van der Waals surface area contributed by atoms with Crippen molar-refractivity contribution in [1.82, 2.24) is 15.5 Å². The first-order valence-corrected chi connectivity index (χ1v) is 10.6. The predicted molar refractivity (Wildman–Crippen MR) is 109 cm³/mol. The number of nitrogens with zero attached hydrogens (tertiary/aromatic N) is 1. The van der Waals surface area contributed by atoms with Gasteiger partial charge in [0.15, 0.2) is 0 Å². The quantitative estimate of drug-likeness (QED) is 0.756. The average molecular weight is 410 g/mol. The molecule has 156 valence electrons. The second-order valence-electron chi connectivity index (χ2n) is 8.24. The molecule has 0 bridgehead atoms. The molecular formula is C20H31N3O4S. The van der Waals surface area contributed by atoms with Crippen LogP contribution in [0.5, 0.6) is 0 Å². The molecule has 0 saturated heterocycles. The van der Waals surface area contributed by atoms with Crippen LogP contribution in [-0.4, -0.2) is 54.6 Å². The van der Waals surface area contributed by atoms with Crippen molar-refractivity contribution in [3.05, 3.63) is 22.4 Å². The average Bonchev–Trinajstić information content (AvgIpc) is 3.13. The lowest BCUT2D eigenvalue weighted by molar-refractivity contribution is -0.122. The summed E-state index contributed by atoms with van der Waals surface area (Å²) in [7, 11) is 1.63. The minimum atomic E-state index is -0.538. The highest BCUT2D eigenvalue weighted by atomic mass is 32.1. The Hall–Kier alpha value is -2.09. The van der Waals surface area contributed by atoms with Crippen LogP contribution in [0.15, 0.2) is 17.5 Å². The van der Waals surface area contributed by atoms with Gasteiger partial charge in [0.25, 0.3) is 5.91 Å². The van der Waals surface area contributed by atoms with Crippen molar-refractivity contribution in [3.8, 4) is 0 Å². The van der Waals surface area contributed by atoms with Gasteiger partial charge in [-0.1, -0.05) is 18.9 Å². The number of nitrogens with one attached hydrogen (secondary N) is 2. The number of ether oxygens (including phenoxy) is 1. The molecule has 1 aliphatic carbocycles. The van der Waals surface area contributed by atoms with Crippen LogP contribution >= 0.6 is 11.3 Å². The zero-order chi connectivity index (χ0) is 20.7. The standard InChI is InChI=1S/C20H31N3O4S/c1-20(2,3)27-19(26)21-12-14-8-5-6-9-15(14)22-17(24)13-23(4)18(25)16-10-7-11-28-16/h7,10-11,14-15H,5-6,8-9,12-13H2,1-4H3,(H,21,26)(H,22,24)/t14-,15+/m1/s1. The molecule has 1 heterocycles. The lowest BCUT2D eigenvalue weighted by atomic mass is 9.84. The van der Waals surface area contributed by atoms with E-state index in [1.165, 1.54) is 16.2 Å². The molecule has 0 aromatic carbocycles. The van der Waals surface area contributed by atoms with Crippen LogP contribution in [0.1, 0.15) is 56.1 Å². The Morgan fingerprint density at radius 1 is 1.25 bits per heavy atom. The fourth-order valence-electron chi connectivity index (χ4n) is 3.30. The van der Waals surface area contributed by atoms with Crippen LogP contribution in [-0.2, 0) is 9.53 Å². The molecule has 1 aromatic heterocycles. The Balaban J connectivity index is 1.83. The normalized spacial score (nSPS) is 19.6. The van der Waals surface area contributed by atoms with Crippen LogP contribution in [0.3, 0.4) is 0 Å². The molecule has 1 aromatic rings. The second-order valence-corrected chi connectivity index (χ2v) is 9.19. The van der Waals surface area contributed by atoms with Gasteiger partial charge in [-0.05, 0) is 51.0 Å². The number of hydrogen-bond donors (Lipinski definition) is 2. The fraction of sp³-hybridized carbons (Fsp3) is 0.650. The van der Waals surface area contributed by atoms with Crippen molar-refractivity contribution in [3.63, 3.8) is 0 Å². The summed E-state index contributed by atoms with van der Waals surface area (Å²) < 4.78 is 5.28. The third kappa shape index (κ3) is 7.14. The molecule has 7 nitrogen and oxygen atoms in total. The van der Waals surface area contributed by atoms with Crippen LogP contribution in [0.2, 0.25) is 0 Å². The van der Waals surface area contributed by atoms with E-state index in [9.17, 15) is 14.4 Å². The first-order chi connectivity index (χ1) is 13.2. The van der Waals surface area contributed by atoms with Crippen molar-refractivity contribution in [2.45, 2.75) is 58.1 Å². The largest absolute Gasteiger partial charge is 0.444 e. The monoisotopic (exact) mass is 409 g/mol. The molecule has 2 rings (SSSR count).